The van der Waals surface area contributed by atoms with Gasteiger partial charge in [0, 0.05) is 11.9 Å². The first-order chi connectivity index (χ1) is 16.1. The Kier molecular flexibility index (Phi) is 5.42. The van der Waals surface area contributed by atoms with Crippen LogP contribution in [-0.2, 0) is 16.4 Å². The second-order valence-electron chi connectivity index (χ2n) is 10.0. The van der Waals surface area contributed by atoms with Gasteiger partial charge in [-0.15, -0.1) is 0 Å². The van der Waals surface area contributed by atoms with Gasteiger partial charge in [0.25, 0.3) is 10.0 Å². The molecule has 6 rings (SSSR count). The zero-order valence-electron chi connectivity index (χ0n) is 19.1. The molecule has 0 amide bonds. The zero-order valence-corrected chi connectivity index (χ0v) is 19.9. The van der Waals surface area contributed by atoms with Crippen LogP contribution in [-0.4, -0.2) is 39.5 Å². The molecule has 1 aliphatic carbocycles. The SMILES string of the molecule is O=S1(=O)c2cccc3cccc(c23)N1CCCN1CCC(CC2CCc3ccccc32)CC1. The van der Waals surface area contributed by atoms with Crippen molar-refractivity contribution in [3.8, 4) is 0 Å². The summed E-state index contributed by atoms with van der Waals surface area (Å²) in [6, 6.07) is 20.5. The molecule has 5 heteroatoms. The summed E-state index contributed by atoms with van der Waals surface area (Å²) >= 11 is 0. The highest BCUT2D eigenvalue weighted by Gasteiger charge is 2.35. The summed E-state index contributed by atoms with van der Waals surface area (Å²) < 4.78 is 27.9. The largest absolute Gasteiger partial charge is 0.303 e. The molecule has 0 spiro atoms. The predicted octanol–water partition coefficient (Wildman–Crippen LogP) is 5.57. The topological polar surface area (TPSA) is 40.6 Å². The van der Waals surface area contributed by atoms with E-state index in [1.54, 1.807) is 21.5 Å². The van der Waals surface area contributed by atoms with E-state index in [2.05, 4.69) is 29.2 Å². The highest BCUT2D eigenvalue weighted by Crippen LogP contribution is 2.42. The number of sulfonamides is 1. The van der Waals surface area contributed by atoms with Crippen molar-refractivity contribution in [1.82, 2.24) is 4.90 Å². The molecule has 3 aromatic rings. The van der Waals surface area contributed by atoms with Crippen LogP contribution in [0.2, 0.25) is 0 Å². The number of hydrogen-bond acceptors (Lipinski definition) is 3. The fraction of sp³-hybridized carbons (Fsp3) is 0.429. The van der Waals surface area contributed by atoms with Crippen molar-refractivity contribution in [2.45, 2.75) is 49.3 Å². The molecule has 1 fully saturated rings. The Morgan fingerprint density at radius 3 is 2.48 bits per heavy atom. The van der Waals surface area contributed by atoms with Crippen LogP contribution in [0.3, 0.4) is 0 Å². The van der Waals surface area contributed by atoms with Crippen LogP contribution in [0.25, 0.3) is 10.8 Å². The van der Waals surface area contributed by atoms with Crippen molar-refractivity contribution in [1.29, 1.82) is 0 Å². The number of hydrogen-bond donors (Lipinski definition) is 0. The molecule has 0 N–H and O–H groups in total. The van der Waals surface area contributed by atoms with Crippen LogP contribution in [0.5, 0.6) is 0 Å². The molecular formula is C28H32N2O2S. The average molecular weight is 461 g/mol. The molecule has 4 nitrogen and oxygen atoms in total. The summed E-state index contributed by atoms with van der Waals surface area (Å²) in [5.74, 6) is 1.57. The minimum Gasteiger partial charge on any atom is -0.303 e. The fourth-order valence-corrected chi connectivity index (χ4v) is 8.12. The van der Waals surface area contributed by atoms with Gasteiger partial charge in [-0.1, -0.05) is 48.5 Å². The number of benzene rings is 3. The minimum atomic E-state index is -3.43. The Balaban J connectivity index is 1.03. The average Bonchev–Trinajstić information content (AvgIpc) is 3.34. The van der Waals surface area contributed by atoms with E-state index in [0.717, 1.165) is 54.4 Å². The maximum atomic E-state index is 13.2. The van der Waals surface area contributed by atoms with Gasteiger partial charge in [0.1, 0.15) is 0 Å². The first kappa shape index (κ1) is 21.2. The van der Waals surface area contributed by atoms with Gasteiger partial charge in [-0.05, 0) is 98.6 Å². The van der Waals surface area contributed by atoms with Gasteiger partial charge in [-0.25, -0.2) is 8.42 Å². The van der Waals surface area contributed by atoms with Crippen molar-refractivity contribution in [2.24, 2.45) is 5.92 Å². The predicted molar refractivity (Wildman–Crippen MR) is 134 cm³/mol. The monoisotopic (exact) mass is 460 g/mol. The van der Waals surface area contributed by atoms with E-state index >= 15 is 0 Å². The molecule has 3 aromatic carbocycles. The molecule has 0 saturated carbocycles. The lowest BCUT2D eigenvalue weighted by Crippen LogP contribution is -2.37. The van der Waals surface area contributed by atoms with Crippen LogP contribution in [0.4, 0.5) is 5.69 Å². The summed E-state index contributed by atoms with van der Waals surface area (Å²) in [7, 11) is -3.43. The zero-order chi connectivity index (χ0) is 22.4. The summed E-state index contributed by atoms with van der Waals surface area (Å²) in [5.41, 5.74) is 4.01. The lowest BCUT2D eigenvalue weighted by molar-refractivity contribution is 0.173. The van der Waals surface area contributed by atoms with Crippen molar-refractivity contribution < 1.29 is 8.42 Å². The van der Waals surface area contributed by atoms with Gasteiger partial charge in [0.2, 0.25) is 0 Å². The van der Waals surface area contributed by atoms with Crippen molar-refractivity contribution >= 4 is 26.5 Å². The van der Waals surface area contributed by atoms with E-state index in [0.29, 0.717) is 11.4 Å². The second-order valence-corrected chi connectivity index (χ2v) is 11.8. The van der Waals surface area contributed by atoms with Crippen LogP contribution in [0, 0.1) is 5.92 Å². The molecule has 0 bridgehead atoms. The number of piperidine rings is 1. The molecule has 172 valence electrons. The highest BCUT2D eigenvalue weighted by atomic mass is 32.2. The number of nitrogens with zero attached hydrogens (tertiary/aromatic N) is 2. The van der Waals surface area contributed by atoms with Crippen LogP contribution >= 0.6 is 0 Å². The van der Waals surface area contributed by atoms with Crippen LogP contribution in [0.15, 0.2) is 65.6 Å². The second kappa shape index (κ2) is 8.44. The quantitative estimate of drug-likeness (QED) is 0.483. The summed E-state index contributed by atoms with van der Waals surface area (Å²) in [5, 5.41) is 1.89. The molecule has 3 aliphatic rings. The molecule has 1 atom stereocenters. The Morgan fingerprint density at radius 1 is 0.848 bits per heavy atom. The van der Waals surface area contributed by atoms with E-state index < -0.39 is 10.0 Å². The van der Waals surface area contributed by atoms with E-state index in [-0.39, 0.29) is 0 Å². The van der Waals surface area contributed by atoms with Gasteiger partial charge < -0.3 is 4.90 Å². The third kappa shape index (κ3) is 3.75. The Bertz CT molecular complexity index is 1270. The van der Waals surface area contributed by atoms with Crippen LogP contribution in [0.1, 0.15) is 49.1 Å². The Hall–Kier alpha value is -2.37. The third-order valence-corrected chi connectivity index (χ3v) is 9.95. The Morgan fingerprint density at radius 2 is 1.64 bits per heavy atom. The number of aryl methyl sites for hydroxylation is 1. The van der Waals surface area contributed by atoms with Crippen molar-refractivity contribution in [3.05, 3.63) is 71.8 Å². The van der Waals surface area contributed by atoms with Gasteiger partial charge in [-0.3, -0.25) is 4.31 Å². The smallest absolute Gasteiger partial charge is 0.265 e. The standard InChI is InChI=1S/C28H32N2O2S/c31-33(32)27-11-4-8-23-7-3-10-26(28(23)27)30(33)17-5-16-29-18-14-21(15-19-29)20-24-13-12-22-6-1-2-9-25(22)24/h1-4,6-11,21,24H,5,12-20H2. The van der Waals surface area contributed by atoms with E-state index in [4.69, 9.17) is 0 Å². The van der Waals surface area contributed by atoms with Gasteiger partial charge in [-0.2, -0.15) is 0 Å². The van der Waals surface area contributed by atoms with Crippen molar-refractivity contribution in [3.63, 3.8) is 0 Å². The van der Waals surface area contributed by atoms with Crippen LogP contribution < -0.4 is 4.31 Å². The van der Waals surface area contributed by atoms with Crippen molar-refractivity contribution in [2.75, 3.05) is 30.5 Å². The van der Waals surface area contributed by atoms with Gasteiger partial charge in [0.15, 0.2) is 0 Å². The fourth-order valence-electron chi connectivity index (χ4n) is 6.38. The first-order valence-corrected chi connectivity index (χ1v) is 13.9. The molecular weight excluding hydrogens is 428 g/mol. The summed E-state index contributed by atoms with van der Waals surface area (Å²) in [4.78, 5) is 3.00. The van der Waals surface area contributed by atoms with E-state index in [1.165, 1.54) is 32.1 Å². The van der Waals surface area contributed by atoms with Gasteiger partial charge in [0.05, 0.1) is 10.6 Å². The molecule has 1 saturated heterocycles. The number of anilines is 1. The number of likely N-dealkylation sites (tertiary alicyclic amines) is 1. The highest BCUT2D eigenvalue weighted by molar-refractivity contribution is 7.93. The lowest BCUT2D eigenvalue weighted by atomic mass is 9.84. The number of rotatable bonds is 6. The maximum absolute atomic E-state index is 13.2. The lowest BCUT2D eigenvalue weighted by Gasteiger charge is -2.33. The third-order valence-electron chi connectivity index (χ3n) is 8.10. The maximum Gasteiger partial charge on any atom is 0.265 e. The molecule has 33 heavy (non-hydrogen) atoms. The first-order valence-electron chi connectivity index (χ1n) is 12.5. The molecule has 0 radical (unpaired) electrons. The molecule has 0 aromatic heterocycles. The Labute approximate surface area is 197 Å². The molecule has 1 unspecified atom stereocenters. The van der Waals surface area contributed by atoms with E-state index in [9.17, 15) is 8.42 Å². The van der Waals surface area contributed by atoms with Gasteiger partial charge >= 0.3 is 0 Å². The number of fused-ring (bicyclic) bond motifs is 1. The molecule has 2 heterocycles. The normalized spacial score (nSPS) is 22.2. The molecule has 2 aliphatic heterocycles. The van der Waals surface area contributed by atoms with E-state index in [1.807, 2.05) is 30.3 Å². The summed E-state index contributed by atoms with van der Waals surface area (Å²) in [6.07, 6.45) is 7.30. The summed E-state index contributed by atoms with van der Waals surface area (Å²) in [6.45, 7) is 3.80. The minimum absolute atomic E-state index is 0.463.